The van der Waals surface area contributed by atoms with Gasteiger partial charge in [-0.05, 0) is 41.1 Å². The second-order valence-electron chi connectivity index (χ2n) is 4.22. The van der Waals surface area contributed by atoms with Crippen molar-refractivity contribution in [2.24, 2.45) is 4.99 Å². The van der Waals surface area contributed by atoms with Gasteiger partial charge in [0.15, 0.2) is 10.3 Å². The highest BCUT2D eigenvalue weighted by molar-refractivity contribution is 8.97. The van der Waals surface area contributed by atoms with Crippen molar-refractivity contribution < 1.29 is 0 Å². The zero-order valence-corrected chi connectivity index (χ0v) is 13.0. The zero-order chi connectivity index (χ0) is 13.1. The van der Waals surface area contributed by atoms with Gasteiger partial charge in [0, 0.05) is 22.3 Å². The van der Waals surface area contributed by atoms with Crippen molar-refractivity contribution in [3.63, 3.8) is 0 Å². The topological polar surface area (TPSA) is 18.8 Å². The molecular weight excluding hydrogens is 286 g/mol. The van der Waals surface area contributed by atoms with E-state index in [2.05, 4.69) is 34.2 Å². The summed E-state index contributed by atoms with van der Waals surface area (Å²) in [6, 6.07) is 10.4. The van der Waals surface area contributed by atoms with Gasteiger partial charge in [0.1, 0.15) is 0 Å². The number of aliphatic imine (C=N–C) groups is 1. The van der Waals surface area contributed by atoms with Crippen LogP contribution in [0.3, 0.4) is 0 Å². The molecule has 6 heteroatoms. The van der Waals surface area contributed by atoms with Crippen LogP contribution in [0.2, 0.25) is 0 Å². The van der Waals surface area contributed by atoms with Gasteiger partial charge in [-0.3, -0.25) is 4.90 Å². The highest BCUT2D eigenvalue weighted by Gasteiger charge is 2.21. The lowest BCUT2D eigenvalue weighted by molar-refractivity contribution is 0.510. The predicted octanol–water partition coefficient (Wildman–Crippen LogP) is 3.21. The van der Waals surface area contributed by atoms with E-state index in [1.165, 1.54) is 5.56 Å². The van der Waals surface area contributed by atoms with Crippen molar-refractivity contribution in [2.75, 3.05) is 21.1 Å². The molecule has 1 unspecified atom stereocenters. The van der Waals surface area contributed by atoms with Crippen LogP contribution in [0, 0.1) is 0 Å². The van der Waals surface area contributed by atoms with Crippen molar-refractivity contribution >= 4 is 40.5 Å². The van der Waals surface area contributed by atoms with Crippen LogP contribution >= 0.6 is 30.2 Å². The van der Waals surface area contributed by atoms with Gasteiger partial charge < -0.3 is 4.90 Å². The normalized spacial score (nSPS) is 19.3. The number of hydrogen-bond donors (Lipinski definition) is 0. The van der Waals surface area contributed by atoms with E-state index in [0.717, 1.165) is 16.8 Å². The highest BCUT2D eigenvalue weighted by atomic mass is 35.7. The van der Waals surface area contributed by atoms with E-state index in [-0.39, 0.29) is 8.73 Å². The number of rotatable bonds is 2. The summed E-state index contributed by atoms with van der Waals surface area (Å²) < 4.78 is 0. The van der Waals surface area contributed by atoms with Crippen LogP contribution in [0.15, 0.2) is 35.3 Å². The van der Waals surface area contributed by atoms with Gasteiger partial charge in [0.2, 0.25) is 0 Å². The summed E-state index contributed by atoms with van der Waals surface area (Å²) in [6.45, 7) is 0.849. The van der Waals surface area contributed by atoms with Crippen LogP contribution in [-0.4, -0.2) is 41.2 Å². The second-order valence-corrected chi connectivity index (χ2v) is 8.54. The third-order valence-corrected chi connectivity index (χ3v) is 6.21. The van der Waals surface area contributed by atoms with Crippen LogP contribution in [0.1, 0.15) is 5.56 Å². The molecule has 0 fully saturated rings. The van der Waals surface area contributed by atoms with E-state index in [1.54, 1.807) is 10.8 Å². The molecule has 98 valence electrons. The monoisotopic (exact) mass is 301 g/mol. The molecule has 1 atom stereocenters. The maximum atomic E-state index is 6.29. The van der Waals surface area contributed by atoms with E-state index >= 15 is 0 Å². The van der Waals surface area contributed by atoms with E-state index in [9.17, 15) is 0 Å². The average molecular weight is 302 g/mol. The molecule has 0 saturated heterocycles. The fourth-order valence-corrected chi connectivity index (χ4v) is 5.27. The lowest BCUT2D eigenvalue weighted by Gasteiger charge is -2.17. The summed E-state index contributed by atoms with van der Waals surface area (Å²) in [5.41, 5.74) is 1.27. The van der Waals surface area contributed by atoms with Gasteiger partial charge in [-0.2, -0.15) is 0 Å². The van der Waals surface area contributed by atoms with Gasteiger partial charge in [-0.1, -0.05) is 30.3 Å². The Balaban J connectivity index is 2.05. The summed E-state index contributed by atoms with van der Waals surface area (Å²) in [6.07, 6.45) is 0. The van der Waals surface area contributed by atoms with Crippen LogP contribution in [-0.2, 0) is 6.54 Å². The largest absolute Gasteiger partial charge is 0.349 e. The maximum Gasteiger partial charge on any atom is 0.177 e. The third kappa shape index (κ3) is 3.29. The summed E-state index contributed by atoms with van der Waals surface area (Å²) in [5.74, 6) is 0. The number of halogens is 1. The first-order valence-electron chi connectivity index (χ1n) is 5.55. The van der Waals surface area contributed by atoms with E-state index in [4.69, 9.17) is 10.7 Å². The molecule has 1 heterocycles. The van der Waals surface area contributed by atoms with Gasteiger partial charge in [0.25, 0.3) is 0 Å². The average Bonchev–Trinajstić information content (AvgIpc) is 2.73. The number of amidine groups is 1. The summed E-state index contributed by atoms with van der Waals surface area (Å²) in [5, 5.41) is 1.93. The molecule has 3 nitrogen and oxygen atoms in total. The van der Waals surface area contributed by atoms with Gasteiger partial charge in [-0.15, -0.1) is 0 Å². The Bertz CT molecular complexity index is 485. The van der Waals surface area contributed by atoms with Crippen LogP contribution in [0.5, 0.6) is 0 Å². The Morgan fingerprint density at radius 3 is 2.44 bits per heavy atom. The van der Waals surface area contributed by atoms with Crippen molar-refractivity contribution in [2.45, 2.75) is 6.54 Å². The fraction of sp³-hybridized carbons (Fsp3) is 0.333. The van der Waals surface area contributed by atoms with Gasteiger partial charge in [0.05, 0.1) is 0 Å². The quantitative estimate of drug-likeness (QED) is 0.617. The Morgan fingerprint density at radius 2 is 1.89 bits per heavy atom. The minimum absolute atomic E-state index is 0.363. The summed E-state index contributed by atoms with van der Waals surface area (Å²) >= 11 is 0. The molecule has 0 spiro atoms. The van der Waals surface area contributed by atoms with Crippen molar-refractivity contribution in [3.05, 3.63) is 35.9 Å². The van der Waals surface area contributed by atoms with E-state index < -0.39 is 0 Å². The molecule has 1 aliphatic heterocycles. The molecule has 0 aliphatic carbocycles. The first-order valence-corrected chi connectivity index (χ1v) is 8.93. The number of nitrogens with zero attached hydrogens (tertiary/aromatic N) is 3. The molecule has 0 saturated carbocycles. The number of benzene rings is 1. The van der Waals surface area contributed by atoms with Gasteiger partial charge in [-0.25, -0.2) is 4.99 Å². The van der Waals surface area contributed by atoms with Crippen LogP contribution < -0.4 is 0 Å². The van der Waals surface area contributed by atoms with Crippen molar-refractivity contribution in [1.29, 1.82) is 0 Å². The molecule has 0 radical (unpaired) electrons. The van der Waals surface area contributed by atoms with Gasteiger partial charge >= 0.3 is 0 Å². The molecule has 0 N–H and O–H groups in total. The molecular formula is C12H16ClN3S2. The molecule has 1 aromatic carbocycles. The maximum absolute atomic E-state index is 6.29. The highest BCUT2D eigenvalue weighted by Crippen LogP contribution is 2.43. The first kappa shape index (κ1) is 13.9. The lowest BCUT2D eigenvalue weighted by atomic mass is 10.2. The smallest absolute Gasteiger partial charge is 0.177 e. The predicted molar refractivity (Wildman–Crippen MR) is 85.1 cm³/mol. The Labute approximate surface area is 119 Å². The fourth-order valence-electron chi connectivity index (χ4n) is 1.56. The second kappa shape index (κ2) is 6.10. The van der Waals surface area contributed by atoms with Crippen molar-refractivity contribution in [1.82, 2.24) is 9.80 Å². The third-order valence-electron chi connectivity index (χ3n) is 2.45. The Hall–Kier alpha value is -0.490. The molecule has 0 bridgehead atoms. The minimum atomic E-state index is -0.363. The standard InChI is InChI=1S/C12H16ClN3S2/c1-15(2)12-14-11(17-18(12)13)16(3)9-10-7-5-4-6-8-10/h4-8H,9H2,1-3H3. The minimum Gasteiger partial charge on any atom is -0.349 e. The molecule has 1 aliphatic rings. The molecule has 2 rings (SSSR count). The Morgan fingerprint density at radius 1 is 1.22 bits per heavy atom. The molecule has 1 aromatic rings. The first-order chi connectivity index (χ1) is 8.58. The summed E-state index contributed by atoms with van der Waals surface area (Å²) in [7, 11) is 13.5. The van der Waals surface area contributed by atoms with E-state index in [0.29, 0.717) is 0 Å². The lowest BCUT2D eigenvalue weighted by Crippen LogP contribution is -2.24. The van der Waals surface area contributed by atoms with E-state index in [1.807, 2.05) is 32.1 Å². The number of hydrogen-bond acceptors (Lipinski definition) is 4. The van der Waals surface area contributed by atoms with Crippen LogP contribution in [0.4, 0.5) is 0 Å². The van der Waals surface area contributed by atoms with Crippen LogP contribution in [0.25, 0.3) is 0 Å². The summed E-state index contributed by atoms with van der Waals surface area (Å²) in [4.78, 5) is 8.71. The Kier molecular flexibility index (Phi) is 4.72. The zero-order valence-electron chi connectivity index (χ0n) is 10.6. The SMILES string of the molecule is CN(C)C1=S(Cl)SC(N(C)Cc2ccccc2)=N1. The molecule has 18 heavy (non-hydrogen) atoms. The molecule has 0 aromatic heterocycles. The van der Waals surface area contributed by atoms with Crippen molar-refractivity contribution in [3.8, 4) is 0 Å². The molecule has 0 amide bonds.